The van der Waals surface area contributed by atoms with Gasteiger partial charge < -0.3 is 14.0 Å². The Morgan fingerprint density at radius 1 is 0.786 bits per heavy atom. The molecule has 0 unspecified atom stereocenters. The van der Waals surface area contributed by atoms with Crippen LogP contribution in [0.25, 0.3) is 5.69 Å². The molecule has 2 aromatic carbocycles. The molecule has 0 saturated heterocycles. The molecule has 0 aliphatic carbocycles. The molecule has 1 aromatic heterocycles. The van der Waals surface area contributed by atoms with Crippen molar-refractivity contribution in [3.05, 3.63) is 77.1 Å². The predicted octanol–water partition coefficient (Wildman–Crippen LogP) is 2.90. The van der Waals surface area contributed by atoms with E-state index in [1.165, 1.54) is 0 Å². The number of benzene rings is 2. The van der Waals surface area contributed by atoms with Crippen LogP contribution >= 0.6 is 0 Å². The molecule has 2 heterocycles. The third kappa shape index (κ3) is 3.29. The number of carbonyl (C=O) groups is 2. The summed E-state index contributed by atoms with van der Waals surface area (Å²) in [5, 5.41) is 0. The molecule has 1 aliphatic rings. The normalized spacial score (nSPS) is 11.9. The molecule has 7 nitrogen and oxygen atoms in total. The van der Waals surface area contributed by atoms with Gasteiger partial charge in [0.15, 0.2) is 11.5 Å². The molecule has 4 rings (SSSR count). The van der Waals surface area contributed by atoms with Crippen LogP contribution in [0.4, 0.5) is 0 Å². The van der Waals surface area contributed by atoms with Crippen molar-refractivity contribution in [1.82, 2.24) is 15.4 Å². The van der Waals surface area contributed by atoms with Crippen molar-refractivity contribution in [2.24, 2.45) is 0 Å². The smallest absolute Gasteiger partial charge is 0.269 e. The minimum Gasteiger partial charge on any atom is -0.454 e. The van der Waals surface area contributed by atoms with Crippen LogP contribution in [0.15, 0.2) is 54.6 Å². The third-order valence-electron chi connectivity index (χ3n) is 4.58. The summed E-state index contributed by atoms with van der Waals surface area (Å²) in [6, 6.07) is 16.1. The Hall–Kier alpha value is -3.74. The van der Waals surface area contributed by atoms with Gasteiger partial charge in [-0.3, -0.25) is 20.4 Å². The average Bonchev–Trinajstić information content (AvgIpc) is 3.31. The topological polar surface area (TPSA) is 81.6 Å². The van der Waals surface area contributed by atoms with Crippen LogP contribution in [0.2, 0.25) is 0 Å². The highest BCUT2D eigenvalue weighted by atomic mass is 16.7. The van der Waals surface area contributed by atoms with Crippen molar-refractivity contribution in [3.8, 4) is 17.2 Å². The lowest BCUT2D eigenvalue weighted by Crippen LogP contribution is -2.41. The van der Waals surface area contributed by atoms with Crippen molar-refractivity contribution >= 4 is 11.8 Å². The van der Waals surface area contributed by atoms with Gasteiger partial charge in [0.05, 0.1) is 0 Å². The number of carbonyl (C=O) groups excluding carboxylic acids is 2. The van der Waals surface area contributed by atoms with E-state index >= 15 is 0 Å². The van der Waals surface area contributed by atoms with E-state index in [2.05, 4.69) is 15.4 Å². The van der Waals surface area contributed by atoms with Gasteiger partial charge in [-0.1, -0.05) is 0 Å². The molecule has 0 atom stereocenters. The molecule has 2 amide bonds. The summed E-state index contributed by atoms with van der Waals surface area (Å²) >= 11 is 0. The zero-order valence-corrected chi connectivity index (χ0v) is 15.5. The molecule has 3 aromatic rings. The molecule has 0 spiro atoms. The number of nitrogens with zero attached hydrogens (tertiary/aromatic N) is 1. The lowest BCUT2D eigenvalue weighted by atomic mass is 10.2. The number of amides is 2. The fraction of sp³-hybridized carbons (Fsp3) is 0.143. The third-order valence-corrected chi connectivity index (χ3v) is 4.58. The van der Waals surface area contributed by atoms with Crippen LogP contribution in [-0.2, 0) is 0 Å². The molecule has 0 saturated carbocycles. The molecular weight excluding hydrogens is 358 g/mol. The number of aromatic nitrogens is 1. The summed E-state index contributed by atoms with van der Waals surface area (Å²) in [6.07, 6.45) is 0. The van der Waals surface area contributed by atoms with Crippen LogP contribution < -0.4 is 20.3 Å². The number of nitrogens with one attached hydrogen (secondary N) is 2. The van der Waals surface area contributed by atoms with Gasteiger partial charge in [0.2, 0.25) is 6.79 Å². The first-order valence-corrected chi connectivity index (χ1v) is 8.78. The average molecular weight is 377 g/mol. The SMILES string of the molecule is Cc1ccc(C)n1-c1ccc(C(=O)NNC(=O)c2ccc3c(c2)OCO3)cc1. The second kappa shape index (κ2) is 7.11. The molecule has 0 radical (unpaired) electrons. The number of ether oxygens (including phenoxy) is 2. The van der Waals surface area contributed by atoms with Gasteiger partial charge >= 0.3 is 0 Å². The Labute approximate surface area is 161 Å². The number of aryl methyl sites for hydroxylation is 2. The fourth-order valence-electron chi connectivity index (χ4n) is 3.13. The quantitative estimate of drug-likeness (QED) is 0.688. The Bertz CT molecular complexity index is 1030. The highest BCUT2D eigenvalue weighted by molar-refractivity contribution is 5.99. The second-order valence-electron chi connectivity index (χ2n) is 6.47. The molecule has 142 valence electrons. The van der Waals surface area contributed by atoms with Crippen molar-refractivity contribution in [2.75, 3.05) is 6.79 Å². The Morgan fingerprint density at radius 2 is 1.36 bits per heavy atom. The summed E-state index contributed by atoms with van der Waals surface area (Å²) in [6.45, 7) is 4.19. The molecule has 1 aliphatic heterocycles. The van der Waals surface area contributed by atoms with Crippen molar-refractivity contribution in [1.29, 1.82) is 0 Å². The minimum absolute atomic E-state index is 0.134. The van der Waals surface area contributed by atoms with Crippen molar-refractivity contribution in [2.45, 2.75) is 13.8 Å². The lowest BCUT2D eigenvalue weighted by Gasteiger charge is -2.11. The standard InChI is InChI=1S/C21H19N3O4/c1-13-3-4-14(2)24(13)17-8-5-15(6-9-17)20(25)22-23-21(26)16-7-10-18-19(11-16)28-12-27-18/h3-11H,12H2,1-2H3,(H,22,25)(H,23,26). The Kier molecular flexibility index (Phi) is 4.49. The zero-order chi connectivity index (χ0) is 19.7. The first-order valence-electron chi connectivity index (χ1n) is 8.78. The maximum absolute atomic E-state index is 12.3. The van der Waals surface area contributed by atoms with Gasteiger partial charge in [-0.15, -0.1) is 0 Å². The number of fused-ring (bicyclic) bond motifs is 1. The highest BCUT2D eigenvalue weighted by Crippen LogP contribution is 2.32. The molecule has 28 heavy (non-hydrogen) atoms. The van der Waals surface area contributed by atoms with Crippen LogP contribution in [0.1, 0.15) is 32.1 Å². The van der Waals surface area contributed by atoms with Crippen LogP contribution in [0.5, 0.6) is 11.5 Å². The van der Waals surface area contributed by atoms with E-state index in [0.29, 0.717) is 22.6 Å². The highest BCUT2D eigenvalue weighted by Gasteiger charge is 2.17. The largest absolute Gasteiger partial charge is 0.454 e. The first kappa shape index (κ1) is 17.7. The second-order valence-corrected chi connectivity index (χ2v) is 6.47. The van der Waals surface area contributed by atoms with Crippen LogP contribution in [0, 0.1) is 13.8 Å². The number of hydrogen-bond acceptors (Lipinski definition) is 4. The molecule has 2 N–H and O–H groups in total. The van der Waals surface area contributed by atoms with Gasteiger partial charge in [0, 0.05) is 28.2 Å². The summed E-state index contributed by atoms with van der Waals surface area (Å²) in [7, 11) is 0. The Morgan fingerprint density at radius 3 is 2.04 bits per heavy atom. The molecular formula is C21H19N3O4. The van der Waals surface area contributed by atoms with Gasteiger partial charge in [-0.2, -0.15) is 0 Å². The van der Waals surface area contributed by atoms with Crippen molar-refractivity contribution < 1.29 is 19.1 Å². The van der Waals surface area contributed by atoms with E-state index < -0.39 is 11.8 Å². The van der Waals surface area contributed by atoms with E-state index in [4.69, 9.17) is 9.47 Å². The first-order chi connectivity index (χ1) is 13.5. The van der Waals surface area contributed by atoms with Crippen LogP contribution in [0.3, 0.4) is 0 Å². The molecule has 7 heteroatoms. The van der Waals surface area contributed by atoms with Gasteiger partial charge in [-0.25, -0.2) is 0 Å². The van der Waals surface area contributed by atoms with Gasteiger partial charge in [0.1, 0.15) is 0 Å². The van der Waals surface area contributed by atoms with E-state index in [1.807, 2.05) is 38.1 Å². The number of hydrogen-bond donors (Lipinski definition) is 2. The molecule has 0 bridgehead atoms. The number of rotatable bonds is 3. The fourth-order valence-corrected chi connectivity index (χ4v) is 3.13. The Balaban J connectivity index is 1.40. The lowest BCUT2D eigenvalue weighted by molar-refractivity contribution is 0.0846. The minimum atomic E-state index is -0.443. The maximum Gasteiger partial charge on any atom is 0.269 e. The van der Waals surface area contributed by atoms with Crippen molar-refractivity contribution in [3.63, 3.8) is 0 Å². The predicted molar refractivity (Wildman–Crippen MR) is 103 cm³/mol. The monoisotopic (exact) mass is 377 g/mol. The zero-order valence-electron chi connectivity index (χ0n) is 15.5. The van der Waals surface area contributed by atoms with Crippen LogP contribution in [-0.4, -0.2) is 23.2 Å². The van der Waals surface area contributed by atoms with E-state index in [-0.39, 0.29) is 6.79 Å². The summed E-state index contributed by atoms with van der Waals surface area (Å²) in [4.78, 5) is 24.6. The number of hydrazine groups is 1. The van der Waals surface area contributed by atoms with Gasteiger partial charge in [-0.05, 0) is 68.4 Å². The maximum atomic E-state index is 12.3. The van der Waals surface area contributed by atoms with E-state index in [0.717, 1.165) is 17.1 Å². The molecule has 0 fully saturated rings. The van der Waals surface area contributed by atoms with E-state index in [1.54, 1.807) is 30.3 Å². The van der Waals surface area contributed by atoms with Gasteiger partial charge in [0.25, 0.3) is 11.8 Å². The van der Waals surface area contributed by atoms with E-state index in [9.17, 15) is 9.59 Å². The summed E-state index contributed by atoms with van der Waals surface area (Å²) in [5.74, 6) is 0.252. The summed E-state index contributed by atoms with van der Waals surface area (Å²) in [5.41, 5.74) is 8.84. The summed E-state index contributed by atoms with van der Waals surface area (Å²) < 4.78 is 12.6.